The number of nitrogens with zero attached hydrogens (tertiary/aromatic N) is 1. The van der Waals surface area contributed by atoms with Crippen LogP contribution in [0.1, 0.15) is 45.2 Å². The Kier molecular flexibility index (Phi) is 5.48. The largest absolute Gasteiger partial charge is 0.495 e. The average molecular weight is 437 g/mol. The van der Waals surface area contributed by atoms with Crippen LogP contribution in [0.15, 0.2) is 78.9 Å². The summed E-state index contributed by atoms with van der Waals surface area (Å²) in [5.74, 6) is 0.584. The summed E-state index contributed by atoms with van der Waals surface area (Å²) in [5.41, 5.74) is 4.10. The van der Waals surface area contributed by atoms with Crippen LogP contribution in [-0.2, 0) is 0 Å². The van der Waals surface area contributed by atoms with Crippen LogP contribution in [0.25, 0.3) is 10.9 Å². The summed E-state index contributed by atoms with van der Waals surface area (Å²) in [4.78, 5) is 30.5. The fraction of sp³-hybridized carbons (Fsp3) is 0.148. The number of fused-ring (bicyclic) bond motifs is 1. The number of nitrogens with one attached hydrogen (secondary N) is 2. The summed E-state index contributed by atoms with van der Waals surface area (Å²) in [6, 6.07) is 23.6. The minimum Gasteiger partial charge on any atom is -0.495 e. The molecule has 0 bridgehead atoms. The van der Waals surface area contributed by atoms with E-state index < -0.39 is 0 Å². The van der Waals surface area contributed by atoms with E-state index in [9.17, 15) is 9.59 Å². The van der Waals surface area contributed by atoms with Gasteiger partial charge in [-0.1, -0.05) is 30.3 Å². The zero-order valence-electron chi connectivity index (χ0n) is 18.2. The first-order valence-corrected chi connectivity index (χ1v) is 10.9. The van der Waals surface area contributed by atoms with Crippen molar-refractivity contribution >= 4 is 34.1 Å². The number of methoxy groups -OCH3 is 1. The van der Waals surface area contributed by atoms with Crippen molar-refractivity contribution in [1.82, 2.24) is 4.98 Å². The molecule has 1 aliphatic rings. The highest BCUT2D eigenvalue weighted by atomic mass is 16.5. The Labute approximate surface area is 191 Å². The van der Waals surface area contributed by atoms with Gasteiger partial charge in [-0.2, -0.15) is 0 Å². The standard InChI is InChI=1S/C27H23N3O3/c1-33-25-9-5-4-8-23(25)30-26(31)18-12-14-19(15-13-18)28-27(32)21-16-24(17-10-11-17)29-22-7-3-2-6-20(21)22/h2-9,12-17H,10-11H2,1H3,(H,28,32)(H,30,31). The molecule has 6 nitrogen and oxygen atoms in total. The minimum atomic E-state index is -0.258. The van der Waals surface area contributed by atoms with Gasteiger partial charge >= 0.3 is 0 Å². The van der Waals surface area contributed by atoms with Crippen LogP contribution < -0.4 is 15.4 Å². The number of pyridine rings is 1. The highest BCUT2D eigenvalue weighted by Crippen LogP contribution is 2.40. The first-order chi connectivity index (χ1) is 16.1. The molecule has 2 amide bonds. The lowest BCUT2D eigenvalue weighted by Gasteiger charge is -2.11. The summed E-state index contributed by atoms with van der Waals surface area (Å²) in [6.07, 6.45) is 2.23. The van der Waals surface area contributed by atoms with Gasteiger partial charge in [0.2, 0.25) is 0 Å². The van der Waals surface area contributed by atoms with Crippen molar-refractivity contribution in [2.45, 2.75) is 18.8 Å². The van der Waals surface area contributed by atoms with E-state index in [1.165, 1.54) is 0 Å². The fourth-order valence-corrected chi connectivity index (χ4v) is 3.82. The lowest BCUT2D eigenvalue weighted by molar-refractivity contribution is 0.102. The second-order valence-electron chi connectivity index (χ2n) is 8.07. The maximum absolute atomic E-state index is 13.1. The molecule has 0 saturated heterocycles. The number of para-hydroxylation sites is 3. The van der Waals surface area contributed by atoms with E-state index in [-0.39, 0.29) is 11.8 Å². The Morgan fingerprint density at radius 3 is 2.36 bits per heavy atom. The zero-order chi connectivity index (χ0) is 22.8. The van der Waals surface area contributed by atoms with Crippen molar-refractivity contribution in [2.75, 3.05) is 17.7 Å². The molecule has 0 spiro atoms. The third-order valence-corrected chi connectivity index (χ3v) is 5.74. The second kappa shape index (κ2) is 8.74. The second-order valence-corrected chi connectivity index (χ2v) is 8.07. The zero-order valence-corrected chi connectivity index (χ0v) is 18.2. The van der Waals surface area contributed by atoms with E-state index in [1.54, 1.807) is 43.5 Å². The summed E-state index contributed by atoms with van der Waals surface area (Å²) in [5, 5.41) is 6.63. The molecule has 1 heterocycles. The molecule has 33 heavy (non-hydrogen) atoms. The average Bonchev–Trinajstić information content (AvgIpc) is 3.70. The Morgan fingerprint density at radius 2 is 1.61 bits per heavy atom. The van der Waals surface area contributed by atoms with Crippen LogP contribution in [0.2, 0.25) is 0 Å². The third kappa shape index (κ3) is 4.41. The highest BCUT2D eigenvalue weighted by molar-refractivity contribution is 6.12. The molecule has 2 N–H and O–H groups in total. The van der Waals surface area contributed by atoms with E-state index in [2.05, 4.69) is 10.6 Å². The molecule has 0 radical (unpaired) electrons. The lowest BCUT2D eigenvalue weighted by atomic mass is 10.1. The predicted molar refractivity (Wildman–Crippen MR) is 129 cm³/mol. The summed E-state index contributed by atoms with van der Waals surface area (Å²) < 4.78 is 5.28. The van der Waals surface area contributed by atoms with Crippen molar-refractivity contribution in [3.63, 3.8) is 0 Å². The normalized spacial score (nSPS) is 12.9. The number of carbonyl (C=O) groups is 2. The van der Waals surface area contributed by atoms with Gasteiger partial charge in [0.1, 0.15) is 5.75 Å². The monoisotopic (exact) mass is 437 g/mol. The van der Waals surface area contributed by atoms with Gasteiger partial charge in [0, 0.05) is 28.2 Å². The molecule has 1 aliphatic carbocycles. The molecule has 5 rings (SSSR count). The molecule has 164 valence electrons. The predicted octanol–water partition coefficient (Wildman–Crippen LogP) is 5.63. The fourth-order valence-electron chi connectivity index (χ4n) is 3.82. The Morgan fingerprint density at radius 1 is 0.879 bits per heavy atom. The van der Waals surface area contributed by atoms with E-state index in [0.29, 0.717) is 34.2 Å². The number of carbonyl (C=O) groups excluding carboxylic acids is 2. The number of aromatic nitrogens is 1. The van der Waals surface area contributed by atoms with Crippen LogP contribution in [0.3, 0.4) is 0 Å². The van der Waals surface area contributed by atoms with Crippen molar-refractivity contribution in [3.8, 4) is 5.75 Å². The summed E-state index contributed by atoms with van der Waals surface area (Å²) in [7, 11) is 1.56. The van der Waals surface area contributed by atoms with Crippen molar-refractivity contribution in [2.24, 2.45) is 0 Å². The van der Waals surface area contributed by atoms with Gasteiger partial charge < -0.3 is 15.4 Å². The molecule has 3 aromatic carbocycles. The van der Waals surface area contributed by atoms with E-state index in [1.807, 2.05) is 42.5 Å². The number of hydrogen-bond acceptors (Lipinski definition) is 4. The Balaban J connectivity index is 1.33. The lowest BCUT2D eigenvalue weighted by Crippen LogP contribution is -2.15. The van der Waals surface area contributed by atoms with Crippen LogP contribution in [0.4, 0.5) is 11.4 Å². The molecule has 1 fully saturated rings. The number of ether oxygens (including phenoxy) is 1. The maximum Gasteiger partial charge on any atom is 0.256 e. The van der Waals surface area contributed by atoms with Crippen LogP contribution in [-0.4, -0.2) is 23.9 Å². The minimum absolute atomic E-state index is 0.193. The maximum atomic E-state index is 13.1. The molecule has 0 aliphatic heterocycles. The Bertz CT molecular complexity index is 1340. The van der Waals surface area contributed by atoms with Gasteiger partial charge in [-0.3, -0.25) is 14.6 Å². The van der Waals surface area contributed by atoms with Crippen molar-refractivity contribution < 1.29 is 14.3 Å². The van der Waals surface area contributed by atoms with E-state index >= 15 is 0 Å². The SMILES string of the molecule is COc1ccccc1NC(=O)c1ccc(NC(=O)c2cc(C3CC3)nc3ccccc23)cc1. The molecular formula is C27H23N3O3. The van der Waals surface area contributed by atoms with Crippen molar-refractivity contribution in [1.29, 1.82) is 0 Å². The van der Waals surface area contributed by atoms with Crippen LogP contribution in [0.5, 0.6) is 5.75 Å². The third-order valence-electron chi connectivity index (χ3n) is 5.74. The van der Waals surface area contributed by atoms with Gasteiger partial charge in [0.05, 0.1) is 23.9 Å². The number of benzene rings is 3. The molecule has 1 aromatic heterocycles. The first kappa shape index (κ1) is 20.7. The van der Waals surface area contributed by atoms with E-state index in [0.717, 1.165) is 29.4 Å². The number of amides is 2. The van der Waals surface area contributed by atoms with Gasteiger partial charge in [0.15, 0.2) is 0 Å². The number of anilines is 2. The van der Waals surface area contributed by atoms with Gasteiger partial charge in [-0.25, -0.2) is 0 Å². The van der Waals surface area contributed by atoms with Crippen molar-refractivity contribution in [3.05, 3.63) is 95.7 Å². The molecule has 4 aromatic rings. The number of rotatable bonds is 6. The summed E-state index contributed by atoms with van der Waals surface area (Å²) >= 11 is 0. The van der Waals surface area contributed by atoms with Gasteiger partial charge in [-0.05, 0) is 61.4 Å². The smallest absolute Gasteiger partial charge is 0.256 e. The topological polar surface area (TPSA) is 80.3 Å². The molecule has 0 atom stereocenters. The van der Waals surface area contributed by atoms with Gasteiger partial charge in [0.25, 0.3) is 11.8 Å². The summed E-state index contributed by atoms with van der Waals surface area (Å²) in [6.45, 7) is 0. The molecule has 6 heteroatoms. The number of hydrogen-bond donors (Lipinski definition) is 2. The van der Waals surface area contributed by atoms with Crippen LogP contribution in [0, 0.1) is 0 Å². The molecule has 1 saturated carbocycles. The van der Waals surface area contributed by atoms with E-state index in [4.69, 9.17) is 9.72 Å². The Hall–Kier alpha value is -4.19. The van der Waals surface area contributed by atoms with Crippen LogP contribution >= 0.6 is 0 Å². The molecular weight excluding hydrogens is 414 g/mol. The first-order valence-electron chi connectivity index (χ1n) is 10.9. The van der Waals surface area contributed by atoms with Gasteiger partial charge in [-0.15, -0.1) is 0 Å². The highest BCUT2D eigenvalue weighted by Gasteiger charge is 2.27. The molecule has 0 unspecified atom stereocenters. The quantitative estimate of drug-likeness (QED) is 0.410.